The molecule has 0 spiro atoms. The molecular formula is C23H32N2O4Si. The number of hydrogen-bond acceptors (Lipinski definition) is 6. The fraction of sp³-hybridized carbons (Fsp3) is 0.435. The van der Waals surface area contributed by atoms with E-state index in [0.717, 1.165) is 16.8 Å². The summed E-state index contributed by atoms with van der Waals surface area (Å²) in [6.07, 6.45) is -0.361. The van der Waals surface area contributed by atoms with Crippen molar-refractivity contribution in [3.05, 3.63) is 42.5 Å². The van der Waals surface area contributed by atoms with Gasteiger partial charge in [0.25, 0.3) is 0 Å². The molecule has 0 unspecified atom stereocenters. The first kappa shape index (κ1) is 22.3. The van der Waals surface area contributed by atoms with Gasteiger partial charge in [0.2, 0.25) is 5.89 Å². The van der Waals surface area contributed by atoms with Crippen molar-refractivity contribution in [3.8, 4) is 17.2 Å². The average Bonchev–Trinajstić information content (AvgIpc) is 3.13. The zero-order valence-electron chi connectivity index (χ0n) is 18.7. The lowest BCUT2D eigenvalue weighted by molar-refractivity contribution is 0.0615. The summed E-state index contributed by atoms with van der Waals surface area (Å²) >= 11 is 0. The molecule has 0 aliphatic rings. The molecule has 162 valence electrons. The van der Waals surface area contributed by atoms with E-state index in [0.29, 0.717) is 17.2 Å². The Hall–Kier alpha value is -2.35. The summed E-state index contributed by atoms with van der Waals surface area (Å²) in [5.74, 6) is 1.24. The Kier molecular flexibility index (Phi) is 6.55. The third-order valence-corrected chi connectivity index (χ3v) is 10.2. The Morgan fingerprint density at radius 2 is 1.83 bits per heavy atom. The van der Waals surface area contributed by atoms with Gasteiger partial charge in [-0.3, -0.25) is 0 Å². The van der Waals surface area contributed by atoms with E-state index >= 15 is 0 Å². The molecule has 1 atom stereocenters. The zero-order valence-corrected chi connectivity index (χ0v) is 19.7. The van der Waals surface area contributed by atoms with Gasteiger partial charge < -0.3 is 24.0 Å². The summed E-state index contributed by atoms with van der Waals surface area (Å²) in [6, 6.07) is 13.5. The van der Waals surface area contributed by atoms with Crippen molar-refractivity contribution in [1.29, 1.82) is 0 Å². The van der Waals surface area contributed by atoms with Crippen LogP contribution in [-0.2, 0) is 4.43 Å². The number of anilines is 1. The molecule has 3 rings (SSSR count). The Balaban J connectivity index is 1.70. The largest absolute Gasteiger partial charge is 0.491 e. The molecule has 0 fully saturated rings. The summed E-state index contributed by atoms with van der Waals surface area (Å²) in [6.45, 7) is 11.1. The fourth-order valence-electron chi connectivity index (χ4n) is 2.81. The molecule has 0 aliphatic heterocycles. The van der Waals surface area contributed by atoms with Gasteiger partial charge in [-0.15, -0.1) is 0 Å². The second kappa shape index (κ2) is 8.79. The van der Waals surface area contributed by atoms with Crippen molar-refractivity contribution < 1.29 is 18.7 Å². The fourth-order valence-corrected chi connectivity index (χ4v) is 4.14. The van der Waals surface area contributed by atoms with Gasteiger partial charge in [0.15, 0.2) is 13.9 Å². The van der Waals surface area contributed by atoms with E-state index in [2.05, 4.69) is 44.2 Å². The maximum absolute atomic E-state index is 9.76. The number of oxazole rings is 1. The van der Waals surface area contributed by atoms with E-state index in [1.807, 2.05) is 49.5 Å². The summed E-state index contributed by atoms with van der Waals surface area (Å²) in [7, 11) is -0.100. The van der Waals surface area contributed by atoms with Crippen LogP contribution in [0.5, 0.6) is 5.75 Å². The highest BCUT2D eigenvalue weighted by molar-refractivity contribution is 6.74. The highest BCUT2D eigenvalue weighted by Crippen LogP contribution is 2.37. The molecule has 0 saturated heterocycles. The van der Waals surface area contributed by atoms with Crippen molar-refractivity contribution in [2.45, 2.75) is 45.0 Å². The van der Waals surface area contributed by atoms with E-state index in [4.69, 9.17) is 13.6 Å². The number of hydrogen-bond donors (Lipinski definition) is 2. The monoisotopic (exact) mass is 428 g/mol. The Morgan fingerprint density at radius 3 is 2.43 bits per heavy atom. The number of nitrogens with one attached hydrogen (secondary N) is 1. The van der Waals surface area contributed by atoms with Crippen LogP contribution in [0.4, 0.5) is 5.69 Å². The van der Waals surface area contributed by atoms with Crippen LogP contribution in [0.2, 0.25) is 18.1 Å². The first-order valence-corrected chi connectivity index (χ1v) is 13.1. The molecule has 3 aromatic rings. The zero-order chi connectivity index (χ0) is 21.9. The highest BCUT2D eigenvalue weighted by atomic mass is 28.4. The van der Waals surface area contributed by atoms with Gasteiger partial charge in [-0.1, -0.05) is 20.8 Å². The second-order valence-electron chi connectivity index (χ2n) is 8.97. The van der Waals surface area contributed by atoms with Crippen molar-refractivity contribution in [3.63, 3.8) is 0 Å². The van der Waals surface area contributed by atoms with Crippen LogP contribution in [0, 0.1) is 0 Å². The van der Waals surface area contributed by atoms with Crippen LogP contribution >= 0.6 is 0 Å². The van der Waals surface area contributed by atoms with Crippen molar-refractivity contribution in [2.75, 3.05) is 25.6 Å². The first-order chi connectivity index (χ1) is 14.1. The van der Waals surface area contributed by atoms with Crippen LogP contribution in [-0.4, -0.2) is 44.8 Å². The standard InChI is InChI=1S/C23H32N2O4Si/c1-23(2,3)30(5,6)29-19(14-26)15-27-18-11-12-21-20(13-18)25-22(28-21)16-7-9-17(24-4)10-8-16/h7-13,19,24,26H,14-15H2,1-6H3/t19-/m0/s1. The Morgan fingerprint density at radius 1 is 1.13 bits per heavy atom. The molecule has 1 heterocycles. The summed E-state index contributed by atoms with van der Waals surface area (Å²) < 4.78 is 18.1. The normalized spacial score (nSPS) is 13.4. The summed E-state index contributed by atoms with van der Waals surface area (Å²) in [4.78, 5) is 4.60. The van der Waals surface area contributed by atoms with Crippen LogP contribution in [0.1, 0.15) is 20.8 Å². The van der Waals surface area contributed by atoms with Crippen molar-refractivity contribution in [1.82, 2.24) is 4.98 Å². The number of aromatic nitrogens is 1. The predicted octanol–water partition coefficient (Wildman–Crippen LogP) is 5.30. The molecule has 1 aromatic heterocycles. The first-order valence-electron chi connectivity index (χ1n) is 10.2. The summed E-state index contributed by atoms with van der Waals surface area (Å²) in [5, 5.41) is 12.9. The molecule has 2 N–H and O–H groups in total. The van der Waals surface area contributed by atoms with Gasteiger partial charge in [0.1, 0.15) is 24.0 Å². The minimum Gasteiger partial charge on any atom is -0.491 e. The lowest BCUT2D eigenvalue weighted by Gasteiger charge is -2.38. The molecule has 7 heteroatoms. The Bertz CT molecular complexity index is 977. The van der Waals surface area contributed by atoms with Crippen molar-refractivity contribution in [2.24, 2.45) is 0 Å². The van der Waals surface area contributed by atoms with Gasteiger partial charge in [-0.25, -0.2) is 4.98 Å². The predicted molar refractivity (Wildman–Crippen MR) is 124 cm³/mol. The number of ether oxygens (including phenoxy) is 1. The minimum atomic E-state index is -1.98. The molecule has 30 heavy (non-hydrogen) atoms. The number of fused-ring (bicyclic) bond motifs is 1. The number of rotatable bonds is 8. The lowest BCUT2D eigenvalue weighted by Crippen LogP contribution is -2.46. The SMILES string of the molecule is CNc1ccc(-c2nc3cc(OC[C@H](CO)O[Si](C)(C)C(C)(C)C)ccc3o2)cc1. The van der Waals surface area contributed by atoms with Gasteiger partial charge in [0, 0.05) is 24.4 Å². The van der Waals surface area contributed by atoms with Crippen LogP contribution in [0.15, 0.2) is 46.9 Å². The van der Waals surface area contributed by atoms with Crippen LogP contribution < -0.4 is 10.1 Å². The van der Waals surface area contributed by atoms with E-state index in [1.165, 1.54) is 0 Å². The van der Waals surface area contributed by atoms with Crippen LogP contribution in [0.3, 0.4) is 0 Å². The average molecular weight is 429 g/mol. The van der Waals surface area contributed by atoms with Gasteiger partial charge in [-0.05, 0) is 54.5 Å². The topological polar surface area (TPSA) is 76.8 Å². The second-order valence-corrected chi connectivity index (χ2v) is 13.7. The van der Waals surface area contributed by atoms with Gasteiger partial charge >= 0.3 is 0 Å². The molecular weight excluding hydrogens is 396 g/mol. The maximum Gasteiger partial charge on any atom is 0.227 e. The third-order valence-electron chi connectivity index (χ3n) is 5.69. The van der Waals surface area contributed by atoms with Gasteiger partial charge in [-0.2, -0.15) is 0 Å². The molecule has 0 saturated carbocycles. The molecule has 0 bridgehead atoms. The molecule has 0 amide bonds. The third kappa shape index (κ3) is 5.03. The number of nitrogens with zero attached hydrogens (tertiary/aromatic N) is 1. The van der Waals surface area contributed by atoms with E-state index in [9.17, 15) is 5.11 Å². The summed E-state index contributed by atoms with van der Waals surface area (Å²) in [5.41, 5.74) is 3.37. The van der Waals surface area contributed by atoms with Crippen molar-refractivity contribution >= 4 is 25.1 Å². The molecule has 0 aliphatic carbocycles. The maximum atomic E-state index is 9.76. The number of benzene rings is 2. The van der Waals surface area contributed by atoms with Crippen LogP contribution in [0.25, 0.3) is 22.6 Å². The van der Waals surface area contributed by atoms with Gasteiger partial charge in [0.05, 0.1) is 6.61 Å². The highest BCUT2D eigenvalue weighted by Gasteiger charge is 2.39. The number of aliphatic hydroxyl groups excluding tert-OH is 1. The molecule has 0 radical (unpaired) electrons. The quantitative estimate of drug-likeness (QED) is 0.474. The van der Waals surface area contributed by atoms with E-state index < -0.39 is 8.32 Å². The minimum absolute atomic E-state index is 0.0713. The lowest BCUT2D eigenvalue weighted by atomic mass is 10.2. The van der Waals surface area contributed by atoms with E-state index in [1.54, 1.807) is 0 Å². The van der Waals surface area contributed by atoms with E-state index in [-0.39, 0.29) is 24.4 Å². The number of aliphatic hydroxyl groups is 1. The Labute approximate surface area is 179 Å². The smallest absolute Gasteiger partial charge is 0.227 e. The molecule has 2 aromatic carbocycles. The molecule has 6 nitrogen and oxygen atoms in total.